The molecular weight excluding hydrogens is 228 g/mol. The van der Waals surface area contributed by atoms with Crippen molar-refractivity contribution >= 4 is 5.78 Å². The molecule has 0 N–H and O–H groups in total. The lowest BCUT2D eigenvalue weighted by atomic mass is 10.1. The van der Waals surface area contributed by atoms with Gasteiger partial charge in [-0.3, -0.25) is 4.79 Å². The van der Waals surface area contributed by atoms with Crippen LogP contribution in [0.3, 0.4) is 0 Å². The third-order valence-electron chi connectivity index (χ3n) is 2.34. The molecule has 0 aliphatic rings. The van der Waals surface area contributed by atoms with E-state index in [0.29, 0.717) is 30.3 Å². The highest BCUT2D eigenvalue weighted by molar-refractivity contribution is 6.04. The second-order valence-corrected chi connectivity index (χ2v) is 3.93. The number of hydrogen-bond donors (Lipinski definition) is 0. The molecular formula is C15H20O3. The van der Waals surface area contributed by atoms with E-state index < -0.39 is 0 Å². The maximum atomic E-state index is 11.6. The van der Waals surface area contributed by atoms with Crippen molar-refractivity contribution in [3.63, 3.8) is 0 Å². The van der Waals surface area contributed by atoms with Crippen molar-refractivity contribution in [2.75, 3.05) is 13.2 Å². The van der Waals surface area contributed by atoms with Crippen LogP contribution in [0, 0.1) is 0 Å². The summed E-state index contributed by atoms with van der Waals surface area (Å²) < 4.78 is 11.2. The Morgan fingerprint density at radius 2 is 1.78 bits per heavy atom. The molecule has 0 spiro atoms. The number of carbonyl (C=O) groups is 1. The van der Waals surface area contributed by atoms with Crippen LogP contribution in [0.15, 0.2) is 30.9 Å². The Morgan fingerprint density at radius 3 is 2.33 bits per heavy atom. The van der Waals surface area contributed by atoms with E-state index in [-0.39, 0.29) is 5.78 Å². The van der Waals surface area contributed by atoms with Crippen molar-refractivity contribution in [2.24, 2.45) is 0 Å². The first-order valence-electron chi connectivity index (χ1n) is 6.29. The van der Waals surface area contributed by atoms with Gasteiger partial charge in [0.15, 0.2) is 17.3 Å². The van der Waals surface area contributed by atoms with Crippen LogP contribution in [0.5, 0.6) is 11.5 Å². The topological polar surface area (TPSA) is 35.5 Å². The summed E-state index contributed by atoms with van der Waals surface area (Å²) in [6.07, 6.45) is 3.14. The molecule has 0 aliphatic heterocycles. The molecule has 3 nitrogen and oxygen atoms in total. The Morgan fingerprint density at radius 1 is 1.17 bits per heavy atom. The van der Waals surface area contributed by atoms with E-state index in [4.69, 9.17) is 9.47 Å². The molecule has 0 aromatic heterocycles. The summed E-state index contributed by atoms with van der Waals surface area (Å²) in [6.45, 7) is 8.80. The number of ether oxygens (including phenoxy) is 2. The number of ketones is 1. The molecule has 98 valence electrons. The lowest BCUT2D eigenvalue weighted by Gasteiger charge is -2.12. The van der Waals surface area contributed by atoms with Gasteiger partial charge in [-0.1, -0.05) is 20.4 Å². The van der Waals surface area contributed by atoms with Gasteiger partial charge in [0.2, 0.25) is 0 Å². The maximum Gasteiger partial charge on any atom is 0.185 e. The third kappa shape index (κ3) is 3.91. The lowest BCUT2D eigenvalue weighted by Crippen LogP contribution is -2.03. The fourth-order valence-corrected chi connectivity index (χ4v) is 1.44. The highest BCUT2D eigenvalue weighted by atomic mass is 16.5. The molecule has 0 radical (unpaired) electrons. The summed E-state index contributed by atoms with van der Waals surface area (Å²) >= 11 is 0. The van der Waals surface area contributed by atoms with Crippen molar-refractivity contribution in [3.8, 4) is 11.5 Å². The van der Waals surface area contributed by atoms with Crippen molar-refractivity contribution in [1.82, 2.24) is 0 Å². The molecule has 0 atom stereocenters. The Hall–Kier alpha value is -1.77. The average Bonchev–Trinajstić information content (AvgIpc) is 2.42. The number of allylic oxidation sites excluding steroid dienone is 1. The van der Waals surface area contributed by atoms with Crippen molar-refractivity contribution in [1.29, 1.82) is 0 Å². The standard InChI is InChI=1S/C15H20O3/c1-4-9-17-14-8-7-12(13(16)6-3)11-15(14)18-10-5-2/h6-8,11H,3-5,9-10H2,1-2H3. The molecule has 0 bridgehead atoms. The SMILES string of the molecule is C=CC(=O)c1ccc(OCCC)c(OCCC)c1. The van der Waals surface area contributed by atoms with E-state index in [1.807, 2.05) is 13.8 Å². The molecule has 0 saturated heterocycles. The molecule has 0 amide bonds. The molecule has 1 rings (SSSR count). The van der Waals surface area contributed by atoms with Gasteiger partial charge in [0.1, 0.15) is 0 Å². The zero-order valence-corrected chi connectivity index (χ0v) is 11.1. The quantitative estimate of drug-likeness (QED) is 0.520. The normalized spacial score (nSPS) is 9.89. The molecule has 18 heavy (non-hydrogen) atoms. The summed E-state index contributed by atoms with van der Waals surface area (Å²) in [5.74, 6) is 1.20. The second-order valence-electron chi connectivity index (χ2n) is 3.93. The summed E-state index contributed by atoms with van der Waals surface area (Å²) in [5, 5.41) is 0. The van der Waals surface area contributed by atoms with Gasteiger partial charge >= 0.3 is 0 Å². The smallest absolute Gasteiger partial charge is 0.185 e. The molecule has 3 heteroatoms. The van der Waals surface area contributed by atoms with Crippen LogP contribution in [-0.2, 0) is 0 Å². The van der Waals surface area contributed by atoms with E-state index in [2.05, 4.69) is 6.58 Å². The highest BCUT2D eigenvalue weighted by Gasteiger charge is 2.09. The highest BCUT2D eigenvalue weighted by Crippen LogP contribution is 2.29. The summed E-state index contributed by atoms with van der Waals surface area (Å²) in [4.78, 5) is 11.6. The van der Waals surface area contributed by atoms with Gasteiger partial charge in [-0.25, -0.2) is 0 Å². The van der Waals surface area contributed by atoms with E-state index in [9.17, 15) is 4.79 Å². The predicted octanol–water partition coefficient (Wildman–Crippen LogP) is 3.63. The van der Waals surface area contributed by atoms with E-state index in [0.717, 1.165) is 12.8 Å². The largest absolute Gasteiger partial charge is 0.490 e. The zero-order valence-electron chi connectivity index (χ0n) is 11.1. The first-order chi connectivity index (χ1) is 8.72. The summed E-state index contributed by atoms with van der Waals surface area (Å²) in [6, 6.07) is 5.22. The Kier molecular flexibility index (Phi) is 5.98. The molecule has 0 fully saturated rings. The van der Waals surface area contributed by atoms with Gasteiger partial charge < -0.3 is 9.47 Å². The van der Waals surface area contributed by atoms with Gasteiger partial charge in [-0.15, -0.1) is 0 Å². The first-order valence-corrected chi connectivity index (χ1v) is 6.29. The lowest BCUT2D eigenvalue weighted by molar-refractivity contribution is 0.104. The van der Waals surface area contributed by atoms with E-state index in [1.54, 1.807) is 18.2 Å². The molecule has 0 unspecified atom stereocenters. The van der Waals surface area contributed by atoms with Gasteiger partial charge in [-0.05, 0) is 37.1 Å². The van der Waals surface area contributed by atoms with Crippen LogP contribution >= 0.6 is 0 Å². The number of hydrogen-bond acceptors (Lipinski definition) is 3. The van der Waals surface area contributed by atoms with E-state index in [1.165, 1.54) is 6.08 Å². The van der Waals surface area contributed by atoms with Gasteiger partial charge in [-0.2, -0.15) is 0 Å². The predicted molar refractivity (Wildman–Crippen MR) is 72.5 cm³/mol. The van der Waals surface area contributed by atoms with Crippen molar-refractivity contribution in [2.45, 2.75) is 26.7 Å². The zero-order chi connectivity index (χ0) is 13.4. The summed E-state index contributed by atoms with van der Waals surface area (Å²) in [7, 11) is 0. The van der Waals surface area contributed by atoms with Gasteiger partial charge in [0.05, 0.1) is 13.2 Å². The van der Waals surface area contributed by atoms with Gasteiger partial charge in [0, 0.05) is 5.56 Å². The average molecular weight is 248 g/mol. The van der Waals surface area contributed by atoms with Crippen LogP contribution in [0.2, 0.25) is 0 Å². The molecule has 1 aromatic carbocycles. The number of carbonyl (C=O) groups excluding carboxylic acids is 1. The van der Waals surface area contributed by atoms with Crippen LogP contribution < -0.4 is 9.47 Å². The van der Waals surface area contributed by atoms with Gasteiger partial charge in [0.25, 0.3) is 0 Å². The minimum Gasteiger partial charge on any atom is -0.490 e. The Labute approximate surface area is 108 Å². The molecule has 1 aromatic rings. The Balaban J connectivity index is 2.95. The second kappa shape index (κ2) is 7.54. The van der Waals surface area contributed by atoms with Crippen LogP contribution in [0.1, 0.15) is 37.0 Å². The van der Waals surface area contributed by atoms with Crippen LogP contribution in [-0.4, -0.2) is 19.0 Å². The maximum absolute atomic E-state index is 11.6. The Bertz CT molecular complexity index is 410. The van der Waals surface area contributed by atoms with Crippen LogP contribution in [0.25, 0.3) is 0 Å². The van der Waals surface area contributed by atoms with Crippen molar-refractivity contribution < 1.29 is 14.3 Å². The van der Waals surface area contributed by atoms with Crippen LogP contribution in [0.4, 0.5) is 0 Å². The molecule has 0 heterocycles. The monoisotopic (exact) mass is 248 g/mol. The van der Waals surface area contributed by atoms with Crippen molar-refractivity contribution in [3.05, 3.63) is 36.4 Å². The molecule has 0 saturated carbocycles. The summed E-state index contributed by atoms with van der Waals surface area (Å²) in [5.41, 5.74) is 0.569. The fraction of sp³-hybridized carbons (Fsp3) is 0.400. The molecule has 0 aliphatic carbocycles. The first kappa shape index (κ1) is 14.3. The number of rotatable bonds is 8. The minimum absolute atomic E-state index is 0.113. The minimum atomic E-state index is -0.113. The fourth-order valence-electron chi connectivity index (χ4n) is 1.44. The van der Waals surface area contributed by atoms with E-state index >= 15 is 0 Å². The third-order valence-corrected chi connectivity index (χ3v) is 2.34. The number of benzene rings is 1.